The Morgan fingerprint density at radius 3 is 2.76 bits per heavy atom. The maximum Gasteiger partial charge on any atom is 0.257 e. The summed E-state index contributed by atoms with van der Waals surface area (Å²) in [6.45, 7) is 2.95. The van der Waals surface area contributed by atoms with E-state index in [2.05, 4.69) is 4.90 Å². The van der Waals surface area contributed by atoms with Gasteiger partial charge in [-0.2, -0.15) is 0 Å². The van der Waals surface area contributed by atoms with Crippen molar-refractivity contribution in [3.05, 3.63) is 59.4 Å². The molecule has 0 aromatic heterocycles. The van der Waals surface area contributed by atoms with Crippen molar-refractivity contribution in [1.82, 2.24) is 9.80 Å². The summed E-state index contributed by atoms with van der Waals surface area (Å²) in [4.78, 5) is 16.6. The summed E-state index contributed by atoms with van der Waals surface area (Å²) in [7, 11) is 0. The van der Waals surface area contributed by atoms with Crippen LogP contribution < -0.4 is 9.47 Å². The van der Waals surface area contributed by atoms with E-state index in [4.69, 9.17) is 9.47 Å². The number of rotatable bonds is 6. The summed E-state index contributed by atoms with van der Waals surface area (Å²) in [5, 5.41) is 20.3. The number of amides is 1. The average Bonchev–Trinajstić information content (AvgIpc) is 3.42. The lowest BCUT2D eigenvalue weighted by molar-refractivity contribution is -0.00201. The van der Waals surface area contributed by atoms with Gasteiger partial charge in [-0.05, 0) is 36.8 Å². The highest BCUT2D eigenvalue weighted by Crippen LogP contribution is 2.41. The van der Waals surface area contributed by atoms with Crippen LogP contribution in [0, 0.1) is 5.82 Å². The van der Waals surface area contributed by atoms with Gasteiger partial charge in [-0.3, -0.25) is 4.79 Å². The molecule has 182 valence electrons. The van der Waals surface area contributed by atoms with Crippen LogP contribution in [0.5, 0.6) is 11.5 Å². The van der Waals surface area contributed by atoms with Crippen LogP contribution in [0.1, 0.15) is 35.2 Å². The monoisotopic (exact) mass is 470 g/mol. The summed E-state index contributed by atoms with van der Waals surface area (Å²) in [5.41, 5.74) is 1.09. The number of aliphatic hydroxyl groups excluding tert-OH is 2. The maximum atomic E-state index is 13.5. The van der Waals surface area contributed by atoms with Crippen LogP contribution >= 0.6 is 0 Å². The molecular weight excluding hydrogens is 439 g/mol. The van der Waals surface area contributed by atoms with Crippen molar-refractivity contribution < 1.29 is 28.9 Å². The van der Waals surface area contributed by atoms with Gasteiger partial charge in [-0.25, -0.2) is 4.39 Å². The highest BCUT2D eigenvalue weighted by molar-refractivity contribution is 5.97. The SMILES string of the molecule is O=C(c1ccccc1OC[C@H](O)CN1CCC2(CC1)Cc1cc(F)ccc1O2)N1CC[C@H](O)C1. The lowest BCUT2D eigenvalue weighted by Gasteiger charge is -2.39. The Kier molecular flexibility index (Phi) is 6.46. The summed E-state index contributed by atoms with van der Waals surface area (Å²) >= 11 is 0. The van der Waals surface area contributed by atoms with Crippen LogP contribution in [0.25, 0.3) is 0 Å². The van der Waals surface area contributed by atoms with Gasteiger partial charge in [-0.1, -0.05) is 12.1 Å². The van der Waals surface area contributed by atoms with Crippen molar-refractivity contribution in [3.63, 3.8) is 0 Å². The number of carbonyl (C=O) groups is 1. The number of para-hydroxylation sites is 1. The predicted molar refractivity (Wildman–Crippen MR) is 124 cm³/mol. The van der Waals surface area contributed by atoms with Gasteiger partial charge >= 0.3 is 0 Å². The number of benzene rings is 2. The first-order valence-electron chi connectivity index (χ1n) is 12.0. The molecular formula is C26H31FN2O5. The Morgan fingerprint density at radius 1 is 1.21 bits per heavy atom. The first kappa shape index (κ1) is 23.1. The van der Waals surface area contributed by atoms with E-state index < -0.39 is 12.2 Å². The molecule has 0 aliphatic carbocycles. The van der Waals surface area contributed by atoms with Gasteiger partial charge < -0.3 is 29.5 Å². The van der Waals surface area contributed by atoms with Crippen molar-refractivity contribution in [1.29, 1.82) is 0 Å². The standard InChI is InChI=1S/C26H31FN2O5/c27-19-5-6-23-18(13-19)14-26(34-23)8-11-28(12-9-26)15-21(31)17-33-24-4-2-1-3-22(24)25(32)29-10-7-20(30)16-29/h1-6,13,20-21,30-31H,7-12,14-17H2/t20-,21+/m0/s1. The number of β-amino-alcohol motifs (C(OH)–C–C–N with tert-alkyl or cyclic N) is 2. The summed E-state index contributed by atoms with van der Waals surface area (Å²) in [5.74, 6) is 0.816. The van der Waals surface area contributed by atoms with Crippen molar-refractivity contribution >= 4 is 5.91 Å². The molecule has 1 spiro atoms. The van der Waals surface area contributed by atoms with Gasteiger partial charge in [0.25, 0.3) is 5.91 Å². The van der Waals surface area contributed by atoms with E-state index in [0.717, 1.165) is 43.7 Å². The Labute approximate surface area is 198 Å². The fourth-order valence-electron chi connectivity index (χ4n) is 5.23. The second kappa shape index (κ2) is 9.52. The van der Waals surface area contributed by atoms with E-state index >= 15 is 0 Å². The largest absolute Gasteiger partial charge is 0.490 e. The van der Waals surface area contributed by atoms with Gasteiger partial charge in [0.15, 0.2) is 0 Å². The normalized spacial score (nSPS) is 22.4. The van der Waals surface area contributed by atoms with Crippen LogP contribution in [-0.2, 0) is 6.42 Å². The Hall–Kier alpha value is -2.68. The Balaban J connectivity index is 1.11. The molecule has 34 heavy (non-hydrogen) atoms. The molecule has 0 radical (unpaired) electrons. The second-order valence-corrected chi connectivity index (χ2v) is 9.67. The number of ether oxygens (including phenoxy) is 2. The third kappa shape index (κ3) is 4.89. The molecule has 1 amide bonds. The van der Waals surface area contributed by atoms with E-state index in [-0.39, 0.29) is 23.9 Å². The lowest BCUT2D eigenvalue weighted by atomic mass is 9.87. The van der Waals surface area contributed by atoms with E-state index in [0.29, 0.717) is 37.4 Å². The van der Waals surface area contributed by atoms with Crippen LogP contribution in [0.2, 0.25) is 0 Å². The molecule has 2 N–H and O–H groups in total. The molecule has 2 aromatic rings. The third-order valence-electron chi connectivity index (χ3n) is 7.10. The first-order valence-corrected chi connectivity index (χ1v) is 12.0. The number of halogens is 1. The number of hydrogen-bond donors (Lipinski definition) is 2. The molecule has 2 fully saturated rings. The molecule has 3 heterocycles. The van der Waals surface area contributed by atoms with Crippen LogP contribution in [0.3, 0.4) is 0 Å². The zero-order valence-electron chi connectivity index (χ0n) is 19.2. The number of nitrogens with zero attached hydrogens (tertiary/aromatic N) is 2. The number of carbonyl (C=O) groups excluding carboxylic acids is 1. The number of likely N-dealkylation sites (tertiary alicyclic amines) is 2. The van der Waals surface area contributed by atoms with E-state index in [9.17, 15) is 19.4 Å². The minimum atomic E-state index is -0.707. The lowest BCUT2D eigenvalue weighted by Crippen LogP contribution is -2.49. The zero-order chi connectivity index (χ0) is 23.7. The maximum absolute atomic E-state index is 13.5. The second-order valence-electron chi connectivity index (χ2n) is 9.67. The Morgan fingerprint density at radius 2 is 2.00 bits per heavy atom. The van der Waals surface area contributed by atoms with Crippen LogP contribution in [0.15, 0.2) is 42.5 Å². The molecule has 2 saturated heterocycles. The third-order valence-corrected chi connectivity index (χ3v) is 7.10. The number of piperidine rings is 1. The molecule has 5 rings (SSSR count). The highest BCUT2D eigenvalue weighted by atomic mass is 19.1. The average molecular weight is 471 g/mol. The molecule has 3 aliphatic rings. The molecule has 0 bridgehead atoms. The van der Waals surface area contributed by atoms with Gasteiger partial charge in [0.2, 0.25) is 0 Å². The highest BCUT2D eigenvalue weighted by Gasteiger charge is 2.42. The quantitative estimate of drug-likeness (QED) is 0.674. The molecule has 0 unspecified atom stereocenters. The number of aliphatic hydroxyl groups is 2. The van der Waals surface area contributed by atoms with Gasteiger partial charge in [0.1, 0.15) is 35.6 Å². The zero-order valence-corrected chi connectivity index (χ0v) is 19.2. The fraction of sp³-hybridized carbons (Fsp3) is 0.500. The van der Waals surface area contributed by atoms with Gasteiger partial charge in [0.05, 0.1) is 11.7 Å². The first-order chi connectivity index (χ1) is 16.4. The number of fused-ring (bicyclic) bond motifs is 1. The minimum absolute atomic E-state index is 0.0791. The van der Waals surface area contributed by atoms with Gasteiger partial charge in [-0.15, -0.1) is 0 Å². The van der Waals surface area contributed by atoms with E-state index in [1.165, 1.54) is 6.07 Å². The fourth-order valence-corrected chi connectivity index (χ4v) is 5.23. The van der Waals surface area contributed by atoms with E-state index in [1.807, 2.05) is 0 Å². The van der Waals surface area contributed by atoms with Crippen LogP contribution in [0.4, 0.5) is 4.39 Å². The minimum Gasteiger partial charge on any atom is -0.490 e. The molecule has 3 aliphatic heterocycles. The van der Waals surface area contributed by atoms with Gasteiger partial charge in [0, 0.05) is 57.5 Å². The van der Waals surface area contributed by atoms with Crippen molar-refractivity contribution in [2.45, 2.75) is 43.5 Å². The summed E-state index contributed by atoms with van der Waals surface area (Å²) in [6.07, 6.45) is 1.75. The van der Waals surface area contributed by atoms with E-state index in [1.54, 1.807) is 41.3 Å². The van der Waals surface area contributed by atoms with Crippen LogP contribution in [-0.4, -0.2) is 83.1 Å². The van der Waals surface area contributed by atoms with Crippen molar-refractivity contribution in [3.8, 4) is 11.5 Å². The topological polar surface area (TPSA) is 82.5 Å². The molecule has 7 nitrogen and oxygen atoms in total. The molecule has 0 saturated carbocycles. The number of hydrogen-bond acceptors (Lipinski definition) is 6. The molecule has 2 atom stereocenters. The van der Waals surface area contributed by atoms with Crippen molar-refractivity contribution in [2.24, 2.45) is 0 Å². The Bertz CT molecular complexity index is 1040. The predicted octanol–water partition coefficient (Wildman–Crippen LogP) is 2.24. The molecule has 8 heteroatoms. The summed E-state index contributed by atoms with van der Waals surface area (Å²) < 4.78 is 25.6. The molecule has 2 aromatic carbocycles. The summed E-state index contributed by atoms with van der Waals surface area (Å²) in [6, 6.07) is 11.7. The van der Waals surface area contributed by atoms with Crippen molar-refractivity contribution in [2.75, 3.05) is 39.3 Å². The smallest absolute Gasteiger partial charge is 0.257 e.